The third-order valence-corrected chi connectivity index (χ3v) is 2.16. The van der Waals surface area contributed by atoms with Gasteiger partial charge in [0.15, 0.2) is 17.9 Å². The molecule has 11 heteroatoms. The standard InChI is InChI=1S/C5H8N6O4S/c6-3-2-4(9-1-8-2)10-5(7)11(3)15-16(12,13)14/h1,5-6,10H,7H2,(H,8,9)(H,12,13,14)/t5-/m0/s1. The molecule has 1 aliphatic heterocycles. The Hall–Kier alpha value is -1.69. The lowest BCUT2D eigenvalue weighted by Crippen LogP contribution is -2.54. The summed E-state index contributed by atoms with van der Waals surface area (Å²) in [5, 5.41) is 10.6. The number of hydroxylamine groups is 2. The summed E-state index contributed by atoms with van der Waals surface area (Å²) >= 11 is 0. The number of H-pyrrole nitrogens is 1. The van der Waals surface area contributed by atoms with Crippen LogP contribution in [0.3, 0.4) is 0 Å². The van der Waals surface area contributed by atoms with Crippen LogP contribution in [0.25, 0.3) is 0 Å². The smallest absolute Gasteiger partial charge is 0.340 e. The summed E-state index contributed by atoms with van der Waals surface area (Å²) in [7, 11) is -4.74. The fourth-order valence-corrected chi connectivity index (χ4v) is 1.59. The second kappa shape index (κ2) is 3.41. The van der Waals surface area contributed by atoms with Gasteiger partial charge < -0.3 is 10.3 Å². The number of nitrogens with zero attached hydrogens (tertiary/aromatic N) is 2. The fraction of sp³-hybridized carbons (Fsp3) is 0.200. The van der Waals surface area contributed by atoms with Crippen LogP contribution in [0.5, 0.6) is 0 Å². The predicted molar refractivity (Wildman–Crippen MR) is 51.5 cm³/mol. The summed E-state index contributed by atoms with van der Waals surface area (Å²) in [4.78, 5) is 6.40. The van der Waals surface area contributed by atoms with E-state index in [-0.39, 0.29) is 11.5 Å². The highest BCUT2D eigenvalue weighted by Gasteiger charge is 2.33. The molecule has 1 aliphatic rings. The minimum Gasteiger partial charge on any atom is -0.340 e. The zero-order valence-corrected chi connectivity index (χ0v) is 8.52. The van der Waals surface area contributed by atoms with Crippen molar-refractivity contribution in [1.82, 2.24) is 15.0 Å². The minimum absolute atomic E-state index is 0.199. The number of anilines is 1. The van der Waals surface area contributed by atoms with Crippen molar-refractivity contribution in [3.63, 3.8) is 0 Å². The summed E-state index contributed by atoms with van der Waals surface area (Å²) in [6, 6.07) is 0. The van der Waals surface area contributed by atoms with E-state index in [9.17, 15) is 8.42 Å². The number of imidazole rings is 1. The molecule has 10 nitrogen and oxygen atoms in total. The van der Waals surface area contributed by atoms with E-state index in [1.54, 1.807) is 0 Å². The maximum absolute atomic E-state index is 10.5. The molecule has 0 spiro atoms. The lowest BCUT2D eigenvalue weighted by Gasteiger charge is -2.31. The molecular weight excluding hydrogens is 240 g/mol. The van der Waals surface area contributed by atoms with Crippen molar-refractivity contribution in [3.05, 3.63) is 12.0 Å². The number of hydrogen-bond acceptors (Lipinski definition) is 7. The molecule has 0 unspecified atom stereocenters. The lowest BCUT2D eigenvalue weighted by molar-refractivity contribution is -0.0171. The first kappa shape index (κ1) is 10.8. The van der Waals surface area contributed by atoms with E-state index < -0.39 is 16.7 Å². The molecule has 1 aromatic heterocycles. The van der Waals surface area contributed by atoms with Crippen molar-refractivity contribution in [2.24, 2.45) is 5.73 Å². The van der Waals surface area contributed by atoms with Crippen LogP contribution in [-0.4, -0.2) is 40.1 Å². The van der Waals surface area contributed by atoms with Gasteiger partial charge in [0.2, 0.25) is 0 Å². The molecule has 16 heavy (non-hydrogen) atoms. The number of fused-ring (bicyclic) bond motifs is 1. The van der Waals surface area contributed by atoms with Gasteiger partial charge in [-0.15, -0.1) is 4.28 Å². The number of hydrogen-bond donors (Lipinski definition) is 5. The monoisotopic (exact) mass is 248 g/mol. The number of rotatable bonds is 2. The SMILES string of the molecule is N=C1c2[nH]cnc2N[C@H](N)N1OS(=O)(=O)O. The zero-order valence-electron chi connectivity index (χ0n) is 7.71. The summed E-state index contributed by atoms with van der Waals surface area (Å²) < 4.78 is 33.7. The van der Waals surface area contributed by atoms with E-state index in [2.05, 4.69) is 19.6 Å². The molecule has 6 N–H and O–H groups in total. The van der Waals surface area contributed by atoms with Crippen LogP contribution in [0.15, 0.2) is 6.33 Å². The highest BCUT2D eigenvalue weighted by molar-refractivity contribution is 7.80. The molecule has 0 fully saturated rings. The number of aromatic nitrogens is 2. The molecule has 1 aromatic rings. The number of nitrogens with one attached hydrogen (secondary N) is 3. The van der Waals surface area contributed by atoms with Gasteiger partial charge in [-0.25, -0.2) is 4.98 Å². The van der Waals surface area contributed by atoms with Crippen molar-refractivity contribution < 1.29 is 17.3 Å². The van der Waals surface area contributed by atoms with E-state index in [0.29, 0.717) is 10.9 Å². The van der Waals surface area contributed by atoms with Crippen LogP contribution in [0, 0.1) is 5.41 Å². The molecule has 0 saturated heterocycles. The minimum atomic E-state index is -4.74. The first-order chi connectivity index (χ1) is 7.38. The van der Waals surface area contributed by atoms with Crippen molar-refractivity contribution >= 4 is 22.1 Å². The van der Waals surface area contributed by atoms with Crippen molar-refractivity contribution in [2.75, 3.05) is 5.32 Å². The second-order valence-corrected chi connectivity index (χ2v) is 3.90. The molecule has 0 saturated carbocycles. The summed E-state index contributed by atoms with van der Waals surface area (Å²) in [5.41, 5.74) is 5.67. The van der Waals surface area contributed by atoms with E-state index in [1.165, 1.54) is 6.33 Å². The van der Waals surface area contributed by atoms with E-state index in [4.69, 9.17) is 15.7 Å². The van der Waals surface area contributed by atoms with Gasteiger partial charge in [-0.1, -0.05) is 0 Å². The van der Waals surface area contributed by atoms with E-state index in [1.807, 2.05) is 0 Å². The molecule has 1 atom stereocenters. The Morgan fingerprint density at radius 3 is 3.00 bits per heavy atom. The van der Waals surface area contributed by atoms with Gasteiger partial charge in [0, 0.05) is 0 Å². The molecular formula is C5H8N6O4S. The molecule has 88 valence electrons. The third kappa shape index (κ3) is 1.83. The van der Waals surface area contributed by atoms with E-state index in [0.717, 1.165) is 0 Å². The molecule has 0 radical (unpaired) electrons. The highest BCUT2D eigenvalue weighted by Crippen LogP contribution is 2.20. The molecule has 0 aliphatic carbocycles. The Balaban J connectivity index is 2.33. The van der Waals surface area contributed by atoms with Crippen LogP contribution >= 0.6 is 0 Å². The normalized spacial score (nSPS) is 20.5. The van der Waals surface area contributed by atoms with Crippen molar-refractivity contribution in [2.45, 2.75) is 6.29 Å². The van der Waals surface area contributed by atoms with Gasteiger partial charge >= 0.3 is 10.4 Å². The van der Waals surface area contributed by atoms with E-state index >= 15 is 0 Å². The van der Waals surface area contributed by atoms with Gasteiger partial charge in [0.25, 0.3) is 0 Å². The first-order valence-corrected chi connectivity index (χ1v) is 5.35. The van der Waals surface area contributed by atoms with Gasteiger partial charge in [-0.05, 0) is 0 Å². The zero-order chi connectivity index (χ0) is 11.9. The average Bonchev–Trinajstić information content (AvgIpc) is 2.58. The first-order valence-electron chi connectivity index (χ1n) is 3.99. The van der Waals surface area contributed by atoms with Gasteiger partial charge in [-0.3, -0.25) is 15.7 Å². The van der Waals surface area contributed by atoms with Gasteiger partial charge in [0.1, 0.15) is 5.69 Å². The lowest BCUT2D eigenvalue weighted by atomic mass is 10.3. The Morgan fingerprint density at radius 2 is 2.38 bits per heavy atom. The second-order valence-electron chi connectivity index (χ2n) is 2.89. The summed E-state index contributed by atoms with van der Waals surface area (Å²) in [6.07, 6.45) is 0.154. The molecule has 2 rings (SSSR count). The maximum atomic E-state index is 10.5. The molecule has 2 heterocycles. The van der Waals surface area contributed by atoms with Crippen LogP contribution in [-0.2, 0) is 14.7 Å². The summed E-state index contributed by atoms with van der Waals surface area (Å²) in [5.74, 6) is -0.0657. The summed E-state index contributed by atoms with van der Waals surface area (Å²) in [6.45, 7) is 0. The van der Waals surface area contributed by atoms with Crippen LogP contribution in [0.2, 0.25) is 0 Å². The van der Waals surface area contributed by atoms with Crippen molar-refractivity contribution in [1.29, 1.82) is 5.41 Å². The van der Waals surface area contributed by atoms with Gasteiger partial charge in [0.05, 0.1) is 6.33 Å². The molecule has 0 bridgehead atoms. The Labute approximate surface area is 89.8 Å². The quantitative estimate of drug-likeness (QED) is 0.393. The van der Waals surface area contributed by atoms with Crippen molar-refractivity contribution in [3.8, 4) is 0 Å². The van der Waals surface area contributed by atoms with Crippen LogP contribution < -0.4 is 11.1 Å². The largest absolute Gasteiger partial charge is 0.418 e. The third-order valence-electron chi connectivity index (χ3n) is 1.81. The Kier molecular flexibility index (Phi) is 2.31. The average molecular weight is 248 g/mol. The van der Waals surface area contributed by atoms with Gasteiger partial charge in [-0.2, -0.15) is 13.5 Å². The van der Waals surface area contributed by atoms with Crippen LogP contribution in [0.4, 0.5) is 5.82 Å². The molecule has 0 aromatic carbocycles. The fourth-order valence-electron chi connectivity index (χ4n) is 1.22. The Bertz CT molecular complexity index is 523. The molecule has 0 amide bonds. The number of nitrogens with two attached hydrogens (primary N) is 1. The topological polar surface area (TPSA) is 157 Å². The number of aromatic amines is 1. The van der Waals surface area contributed by atoms with Crippen LogP contribution in [0.1, 0.15) is 5.69 Å². The Morgan fingerprint density at radius 1 is 1.69 bits per heavy atom. The number of amidine groups is 1. The predicted octanol–water partition coefficient (Wildman–Crippen LogP) is -1.56. The highest BCUT2D eigenvalue weighted by atomic mass is 32.3. The maximum Gasteiger partial charge on any atom is 0.418 e.